The zero-order valence-corrected chi connectivity index (χ0v) is 30.6. The molecule has 0 saturated heterocycles. The lowest BCUT2D eigenvalue weighted by molar-refractivity contribution is 0.660. The summed E-state index contributed by atoms with van der Waals surface area (Å²) in [5, 5.41) is 9.68. The molecule has 11 rings (SSSR count). The summed E-state index contributed by atoms with van der Waals surface area (Å²) in [6, 6.07) is 63.3. The van der Waals surface area contributed by atoms with E-state index in [9.17, 15) is 0 Å². The van der Waals surface area contributed by atoms with Crippen molar-refractivity contribution in [3.8, 4) is 56.4 Å². The van der Waals surface area contributed by atoms with Crippen molar-refractivity contribution < 1.29 is 0 Å². The van der Waals surface area contributed by atoms with Crippen LogP contribution in [0.1, 0.15) is 25.0 Å². The van der Waals surface area contributed by atoms with Gasteiger partial charge in [-0.3, -0.25) is 0 Å². The molecule has 0 N–H and O–H groups in total. The molecule has 0 amide bonds. The molecular weight excluding hydrogens is 667 g/mol. The van der Waals surface area contributed by atoms with Crippen LogP contribution < -0.4 is 0 Å². The fraction of sp³-hybridized carbons (Fsp3) is 0.0577. The first-order valence-corrected chi connectivity index (χ1v) is 18.9. The van der Waals surface area contributed by atoms with Gasteiger partial charge >= 0.3 is 0 Å². The van der Waals surface area contributed by atoms with Crippen LogP contribution in [0.2, 0.25) is 0 Å². The molecule has 0 fully saturated rings. The largest absolute Gasteiger partial charge is 0.208 e. The van der Waals surface area contributed by atoms with E-state index in [2.05, 4.69) is 190 Å². The molecule has 55 heavy (non-hydrogen) atoms. The van der Waals surface area contributed by atoms with E-state index in [-0.39, 0.29) is 5.41 Å². The lowest BCUT2D eigenvalue weighted by Crippen LogP contribution is -2.14. The van der Waals surface area contributed by atoms with Gasteiger partial charge in [0, 0.05) is 22.1 Å². The molecule has 0 unspecified atom stereocenters. The maximum absolute atomic E-state index is 5.14. The molecule has 0 radical (unpaired) electrons. The molecule has 1 aliphatic carbocycles. The molecule has 3 nitrogen and oxygen atoms in total. The van der Waals surface area contributed by atoms with E-state index < -0.39 is 0 Å². The Morgan fingerprint density at radius 1 is 0.309 bits per heavy atom. The van der Waals surface area contributed by atoms with E-state index in [1.54, 1.807) is 0 Å². The molecule has 0 aliphatic heterocycles. The predicted molar refractivity (Wildman–Crippen MR) is 229 cm³/mol. The highest BCUT2D eigenvalue weighted by Crippen LogP contribution is 2.49. The highest BCUT2D eigenvalue weighted by atomic mass is 15.0. The van der Waals surface area contributed by atoms with Gasteiger partial charge in [0.05, 0.1) is 0 Å². The van der Waals surface area contributed by atoms with Gasteiger partial charge in [0.15, 0.2) is 17.5 Å². The predicted octanol–water partition coefficient (Wildman–Crippen LogP) is 13.5. The van der Waals surface area contributed by atoms with Crippen molar-refractivity contribution in [1.29, 1.82) is 0 Å². The molecule has 3 heteroatoms. The van der Waals surface area contributed by atoms with Crippen LogP contribution in [0, 0.1) is 0 Å². The van der Waals surface area contributed by atoms with Crippen molar-refractivity contribution in [1.82, 2.24) is 15.0 Å². The van der Waals surface area contributed by atoms with E-state index in [1.807, 2.05) is 0 Å². The maximum atomic E-state index is 5.14. The monoisotopic (exact) mass is 701 g/mol. The van der Waals surface area contributed by atoms with Gasteiger partial charge < -0.3 is 0 Å². The van der Waals surface area contributed by atoms with Crippen molar-refractivity contribution in [3.63, 3.8) is 0 Å². The van der Waals surface area contributed by atoms with Gasteiger partial charge in [0.1, 0.15) is 0 Å². The SMILES string of the molecule is CC1(C)c2ccccc2-c2ccc(-c3ccc(-c4nc(-c5ccc6c(ccc7ccccc76)c5)nc(-c5ccc6c(ccc7ccccc76)c5)n4)cc3)cc21. The van der Waals surface area contributed by atoms with Crippen LogP contribution in [0.15, 0.2) is 176 Å². The first kappa shape index (κ1) is 31.5. The third kappa shape index (κ3) is 5.08. The summed E-state index contributed by atoms with van der Waals surface area (Å²) in [5.41, 5.74) is 10.6. The number of aromatic nitrogens is 3. The molecule has 258 valence electrons. The van der Waals surface area contributed by atoms with Gasteiger partial charge in [-0.2, -0.15) is 0 Å². The minimum Gasteiger partial charge on any atom is -0.208 e. The average Bonchev–Trinajstić information content (AvgIpc) is 3.48. The summed E-state index contributed by atoms with van der Waals surface area (Å²) in [4.78, 5) is 15.4. The second kappa shape index (κ2) is 12.0. The molecule has 9 aromatic carbocycles. The van der Waals surface area contributed by atoms with Gasteiger partial charge in [-0.1, -0.05) is 172 Å². The number of hydrogen-bond donors (Lipinski definition) is 0. The third-order valence-corrected chi connectivity index (χ3v) is 11.7. The lowest BCUT2D eigenvalue weighted by Gasteiger charge is -2.22. The zero-order valence-electron chi connectivity index (χ0n) is 30.6. The molecular formula is C52H35N3. The Labute approximate surface area is 319 Å². The molecule has 0 saturated carbocycles. The summed E-state index contributed by atoms with van der Waals surface area (Å²) < 4.78 is 0. The standard InChI is InChI=1S/C52H35N3/c1-52(2)47-14-8-7-13-45(47)46-28-23-36(31-48(46)52)32-15-19-35(20-16-32)49-53-50(39-24-26-43-37(29-39)21-17-33-9-3-5-11-41(33)43)55-51(54-49)40-25-27-44-38(30-40)22-18-34-10-4-6-12-42(34)44/h3-31H,1-2H3. The van der Waals surface area contributed by atoms with Crippen LogP contribution in [0.25, 0.3) is 99.5 Å². The van der Waals surface area contributed by atoms with Crippen molar-refractivity contribution >= 4 is 43.1 Å². The third-order valence-electron chi connectivity index (χ3n) is 11.7. The Kier molecular flexibility index (Phi) is 6.90. The Morgan fingerprint density at radius 2 is 0.745 bits per heavy atom. The molecule has 0 bridgehead atoms. The van der Waals surface area contributed by atoms with E-state index in [0.717, 1.165) is 33.0 Å². The second-order valence-electron chi connectivity index (χ2n) is 15.3. The Morgan fingerprint density at radius 3 is 1.36 bits per heavy atom. The average molecular weight is 702 g/mol. The highest BCUT2D eigenvalue weighted by molar-refractivity contribution is 6.09. The van der Waals surface area contributed by atoms with Crippen LogP contribution in [-0.2, 0) is 5.41 Å². The van der Waals surface area contributed by atoms with E-state index in [0.29, 0.717) is 17.5 Å². The van der Waals surface area contributed by atoms with E-state index in [4.69, 9.17) is 15.0 Å². The molecule has 1 aromatic heterocycles. The molecule has 1 aliphatic rings. The quantitative estimate of drug-likeness (QED) is 0.171. The molecule has 0 atom stereocenters. The van der Waals surface area contributed by atoms with Crippen molar-refractivity contribution in [2.24, 2.45) is 0 Å². The minimum atomic E-state index is -0.0503. The van der Waals surface area contributed by atoms with Crippen molar-refractivity contribution in [2.75, 3.05) is 0 Å². The number of rotatable bonds is 4. The molecule has 0 spiro atoms. The highest BCUT2D eigenvalue weighted by Gasteiger charge is 2.35. The maximum Gasteiger partial charge on any atom is 0.164 e. The van der Waals surface area contributed by atoms with Gasteiger partial charge in [-0.25, -0.2) is 15.0 Å². The number of nitrogens with zero attached hydrogens (tertiary/aromatic N) is 3. The van der Waals surface area contributed by atoms with Crippen LogP contribution in [-0.4, -0.2) is 15.0 Å². The summed E-state index contributed by atoms with van der Waals surface area (Å²) in [6.07, 6.45) is 0. The second-order valence-corrected chi connectivity index (χ2v) is 15.3. The van der Waals surface area contributed by atoms with Crippen molar-refractivity contribution in [3.05, 3.63) is 187 Å². The van der Waals surface area contributed by atoms with Crippen LogP contribution in [0.4, 0.5) is 0 Å². The summed E-state index contributed by atoms with van der Waals surface area (Å²) in [6.45, 7) is 4.66. The van der Waals surface area contributed by atoms with Crippen LogP contribution in [0.3, 0.4) is 0 Å². The van der Waals surface area contributed by atoms with Gasteiger partial charge in [0.2, 0.25) is 0 Å². The lowest BCUT2D eigenvalue weighted by atomic mass is 9.81. The normalized spacial score (nSPS) is 13.1. The smallest absolute Gasteiger partial charge is 0.164 e. The Hall–Kier alpha value is -6.97. The van der Waals surface area contributed by atoms with E-state index >= 15 is 0 Å². The number of benzene rings is 9. The fourth-order valence-corrected chi connectivity index (χ4v) is 8.76. The van der Waals surface area contributed by atoms with Crippen LogP contribution in [0.5, 0.6) is 0 Å². The number of fused-ring (bicyclic) bond motifs is 9. The first-order chi connectivity index (χ1) is 27.0. The Bertz CT molecular complexity index is 3040. The summed E-state index contributed by atoms with van der Waals surface area (Å²) >= 11 is 0. The number of hydrogen-bond acceptors (Lipinski definition) is 3. The van der Waals surface area contributed by atoms with Gasteiger partial charge in [-0.05, 0) is 94.7 Å². The summed E-state index contributed by atoms with van der Waals surface area (Å²) in [5.74, 6) is 1.95. The molecule has 10 aromatic rings. The van der Waals surface area contributed by atoms with Gasteiger partial charge in [-0.15, -0.1) is 0 Å². The van der Waals surface area contributed by atoms with Gasteiger partial charge in [0.25, 0.3) is 0 Å². The fourth-order valence-electron chi connectivity index (χ4n) is 8.76. The molecule has 1 heterocycles. The first-order valence-electron chi connectivity index (χ1n) is 18.9. The zero-order chi connectivity index (χ0) is 36.7. The topological polar surface area (TPSA) is 38.7 Å². The van der Waals surface area contributed by atoms with Crippen LogP contribution >= 0.6 is 0 Å². The summed E-state index contributed by atoms with van der Waals surface area (Å²) in [7, 11) is 0. The Balaban J connectivity index is 1.02. The van der Waals surface area contributed by atoms with Crippen molar-refractivity contribution in [2.45, 2.75) is 19.3 Å². The minimum absolute atomic E-state index is 0.0503. The van der Waals surface area contributed by atoms with E-state index in [1.165, 1.54) is 60.1 Å².